The van der Waals surface area contributed by atoms with E-state index >= 15 is 0 Å². The molecule has 10 heteroatoms. The van der Waals surface area contributed by atoms with Gasteiger partial charge >= 0.3 is 0 Å². The highest BCUT2D eigenvalue weighted by atomic mass is 35.5. The summed E-state index contributed by atoms with van der Waals surface area (Å²) in [6, 6.07) is 3.69. The van der Waals surface area contributed by atoms with Crippen LogP contribution >= 0.6 is 11.6 Å². The van der Waals surface area contributed by atoms with Gasteiger partial charge in [0.15, 0.2) is 9.84 Å². The van der Waals surface area contributed by atoms with E-state index in [0.717, 1.165) is 0 Å². The number of carbonyl (C=O) groups excluding carboxylic acids is 1. The van der Waals surface area contributed by atoms with Crippen LogP contribution in [0.15, 0.2) is 23.1 Å². The molecule has 0 aliphatic carbocycles. The maximum Gasteiger partial charge on any atom is 0.254 e. The van der Waals surface area contributed by atoms with Gasteiger partial charge in [0.25, 0.3) is 5.91 Å². The predicted molar refractivity (Wildman–Crippen MR) is 110 cm³/mol. The molecule has 0 aromatic heterocycles. The minimum Gasteiger partial charge on any atom is -0.335 e. The first kappa shape index (κ1) is 23.1. The summed E-state index contributed by atoms with van der Waals surface area (Å²) in [6.07, 6.45) is 1.05. The summed E-state index contributed by atoms with van der Waals surface area (Å²) >= 11 is 6.10. The number of nitrogens with one attached hydrogen (secondary N) is 1. The largest absolute Gasteiger partial charge is 0.335 e. The Morgan fingerprint density at radius 2 is 1.96 bits per heavy atom. The van der Waals surface area contributed by atoms with Crippen LogP contribution in [0.5, 0.6) is 0 Å². The fourth-order valence-corrected chi connectivity index (χ4v) is 6.85. The van der Waals surface area contributed by atoms with Gasteiger partial charge in [0.05, 0.1) is 16.5 Å². The van der Waals surface area contributed by atoms with Crippen LogP contribution in [0.1, 0.15) is 50.9 Å². The fourth-order valence-electron chi connectivity index (χ4n) is 3.18. The Bertz CT molecular complexity index is 953. The second-order valence-corrected chi connectivity index (χ2v) is 12.3. The minimum absolute atomic E-state index is 0.0128. The molecule has 0 unspecified atom stereocenters. The molecule has 158 valence electrons. The maximum absolute atomic E-state index is 13.1. The van der Waals surface area contributed by atoms with Crippen LogP contribution in [0, 0.1) is 0 Å². The second kappa shape index (κ2) is 8.30. The summed E-state index contributed by atoms with van der Waals surface area (Å²) in [5, 5.41) is 0.0128. The lowest BCUT2D eigenvalue weighted by atomic mass is 10.1. The van der Waals surface area contributed by atoms with Gasteiger partial charge in [-0.2, -0.15) is 0 Å². The number of amides is 1. The zero-order valence-electron chi connectivity index (χ0n) is 16.5. The molecule has 1 aromatic carbocycles. The first-order chi connectivity index (χ1) is 12.8. The van der Waals surface area contributed by atoms with Gasteiger partial charge in [0, 0.05) is 23.7 Å². The Morgan fingerprint density at radius 3 is 2.46 bits per heavy atom. The Hall–Kier alpha value is -1.16. The van der Waals surface area contributed by atoms with Gasteiger partial charge in [-0.3, -0.25) is 4.79 Å². The molecule has 1 amide bonds. The maximum atomic E-state index is 13.1. The molecule has 1 aliphatic rings. The Balaban J connectivity index is 2.39. The van der Waals surface area contributed by atoms with Gasteiger partial charge in [-0.1, -0.05) is 18.5 Å². The highest BCUT2D eigenvalue weighted by Gasteiger charge is 2.35. The van der Waals surface area contributed by atoms with Crippen LogP contribution in [0.3, 0.4) is 0 Å². The molecule has 1 aliphatic heterocycles. The van der Waals surface area contributed by atoms with E-state index in [-0.39, 0.29) is 27.0 Å². The molecule has 1 N–H and O–H groups in total. The first-order valence-corrected chi connectivity index (χ1v) is 12.8. The van der Waals surface area contributed by atoms with Crippen molar-refractivity contribution in [3.05, 3.63) is 28.8 Å². The standard InChI is InChI=1S/C18H27ClN2O5S2/c1-5-9-21(14-8-10-27(23,24)12-14)17(22)13-6-7-15(19)16(11-13)28(25,26)20-18(2,3)4/h6-7,11,14,20H,5,8-10,12H2,1-4H3/t14-/m0/s1. The summed E-state index contributed by atoms with van der Waals surface area (Å²) < 4.78 is 51.5. The number of sulfone groups is 1. The summed E-state index contributed by atoms with van der Waals surface area (Å²) in [7, 11) is -7.08. The lowest BCUT2D eigenvalue weighted by molar-refractivity contribution is 0.0697. The third-order valence-corrected chi connectivity index (χ3v) is 8.27. The normalized spacial score (nSPS) is 19.5. The third kappa shape index (κ3) is 5.68. The molecule has 1 heterocycles. The van der Waals surface area contributed by atoms with Crippen molar-refractivity contribution >= 4 is 37.4 Å². The molecule has 1 saturated heterocycles. The van der Waals surface area contributed by atoms with Crippen molar-refractivity contribution in [2.75, 3.05) is 18.1 Å². The molecule has 7 nitrogen and oxygen atoms in total. The summed E-state index contributed by atoms with van der Waals surface area (Å²) in [6.45, 7) is 7.41. The van der Waals surface area contributed by atoms with E-state index in [2.05, 4.69) is 4.72 Å². The van der Waals surface area contributed by atoms with Gasteiger partial charge in [0.2, 0.25) is 10.0 Å². The number of hydrogen-bond donors (Lipinski definition) is 1. The van der Waals surface area contributed by atoms with Crippen molar-refractivity contribution < 1.29 is 21.6 Å². The molecular weight excluding hydrogens is 424 g/mol. The van der Waals surface area contributed by atoms with Crippen molar-refractivity contribution in [2.24, 2.45) is 0 Å². The molecule has 0 spiro atoms. The van der Waals surface area contributed by atoms with Gasteiger partial charge < -0.3 is 4.90 Å². The lowest BCUT2D eigenvalue weighted by Crippen LogP contribution is -2.42. The van der Waals surface area contributed by atoms with Crippen molar-refractivity contribution in [1.29, 1.82) is 0 Å². The van der Waals surface area contributed by atoms with Crippen LogP contribution in [0.25, 0.3) is 0 Å². The molecule has 1 fully saturated rings. The van der Waals surface area contributed by atoms with E-state index in [1.165, 1.54) is 23.1 Å². The number of benzene rings is 1. The molecule has 0 saturated carbocycles. The van der Waals surface area contributed by atoms with E-state index in [1.54, 1.807) is 20.8 Å². The number of hydrogen-bond acceptors (Lipinski definition) is 5. The average molecular weight is 451 g/mol. The molecule has 1 aromatic rings. The Labute approximate surface area is 172 Å². The number of rotatable bonds is 6. The second-order valence-electron chi connectivity index (χ2n) is 8.06. The van der Waals surface area contributed by atoms with Crippen LogP contribution in [0.4, 0.5) is 0 Å². The SMILES string of the molecule is CCCN(C(=O)c1ccc(Cl)c(S(=O)(=O)NC(C)(C)C)c1)[C@H]1CCS(=O)(=O)C1. The first-order valence-electron chi connectivity index (χ1n) is 9.11. The lowest BCUT2D eigenvalue weighted by Gasteiger charge is -2.28. The monoisotopic (exact) mass is 450 g/mol. The number of sulfonamides is 1. The van der Waals surface area contributed by atoms with Crippen molar-refractivity contribution in [2.45, 2.75) is 57.0 Å². The molecule has 0 radical (unpaired) electrons. The van der Waals surface area contributed by atoms with Crippen molar-refractivity contribution in [3.8, 4) is 0 Å². The van der Waals surface area contributed by atoms with E-state index in [4.69, 9.17) is 11.6 Å². The van der Waals surface area contributed by atoms with E-state index < -0.39 is 37.3 Å². The van der Waals surface area contributed by atoms with Crippen LogP contribution in [0.2, 0.25) is 5.02 Å². The summed E-state index contributed by atoms with van der Waals surface area (Å²) in [5.41, 5.74) is -0.550. The van der Waals surface area contributed by atoms with Crippen molar-refractivity contribution in [1.82, 2.24) is 9.62 Å². The number of halogens is 1. The third-order valence-electron chi connectivity index (χ3n) is 4.28. The molecule has 1 atom stereocenters. The van der Waals surface area contributed by atoms with Gasteiger partial charge in [0.1, 0.15) is 4.90 Å². The van der Waals surface area contributed by atoms with Crippen LogP contribution < -0.4 is 4.72 Å². The van der Waals surface area contributed by atoms with E-state index in [1.807, 2.05) is 6.92 Å². The average Bonchev–Trinajstić information content (AvgIpc) is 2.89. The topological polar surface area (TPSA) is 101 Å². The summed E-state index contributed by atoms with van der Waals surface area (Å²) in [5.74, 6) is -0.405. The number of carbonyl (C=O) groups is 1. The molecular formula is C18H27ClN2O5S2. The highest BCUT2D eigenvalue weighted by Crippen LogP contribution is 2.26. The molecule has 0 bridgehead atoms. The van der Waals surface area contributed by atoms with Crippen LogP contribution in [-0.4, -0.2) is 57.3 Å². The smallest absolute Gasteiger partial charge is 0.254 e. The van der Waals surface area contributed by atoms with Crippen LogP contribution in [-0.2, 0) is 19.9 Å². The quantitative estimate of drug-likeness (QED) is 0.717. The summed E-state index contributed by atoms with van der Waals surface area (Å²) in [4.78, 5) is 14.4. The zero-order valence-corrected chi connectivity index (χ0v) is 18.9. The molecule has 2 rings (SSSR count). The van der Waals surface area contributed by atoms with Crippen molar-refractivity contribution in [3.63, 3.8) is 0 Å². The van der Waals surface area contributed by atoms with Gasteiger partial charge in [-0.15, -0.1) is 0 Å². The molecule has 28 heavy (non-hydrogen) atoms. The Morgan fingerprint density at radius 1 is 1.32 bits per heavy atom. The number of nitrogens with zero attached hydrogens (tertiary/aromatic N) is 1. The Kier molecular flexibility index (Phi) is 6.85. The highest BCUT2D eigenvalue weighted by molar-refractivity contribution is 7.91. The van der Waals surface area contributed by atoms with E-state index in [9.17, 15) is 21.6 Å². The van der Waals surface area contributed by atoms with Gasteiger partial charge in [-0.05, 0) is 51.8 Å². The minimum atomic E-state index is -3.93. The van der Waals surface area contributed by atoms with E-state index in [0.29, 0.717) is 19.4 Å². The predicted octanol–water partition coefficient (Wildman–Crippen LogP) is 2.46. The van der Waals surface area contributed by atoms with Gasteiger partial charge in [-0.25, -0.2) is 21.6 Å². The zero-order chi connectivity index (χ0) is 21.3. The fraction of sp³-hybridized carbons (Fsp3) is 0.611.